The van der Waals surface area contributed by atoms with Crippen LogP contribution < -0.4 is 10.5 Å². The third-order valence-corrected chi connectivity index (χ3v) is 6.45. The van der Waals surface area contributed by atoms with Crippen LogP contribution in [0.25, 0.3) is 11.1 Å². The van der Waals surface area contributed by atoms with Crippen LogP contribution in [0.2, 0.25) is 0 Å². The lowest BCUT2D eigenvalue weighted by molar-refractivity contribution is 0.207. The summed E-state index contributed by atoms with van der Waals surface area (Å²) in [6.45, 7) is 0.587. The van der Waals surface area contributed by atoms with Gasteiger partial charge < -0.3 is 9.15 Å². The van der Waals surface area contributed by atoms with Crippen molar-refractivity contribution >= 4 is 37.1 Å². The monoisotopic (exact) mass is 439 g/mol. The van der Waals surface area contributed by atoms with E-state index in [0.717, 1.165) is 4.47 Å². The van der Waals surface area contributed by atoms with Crippen LogP contribution in [0.3, 0.4) is 0 Å². The van der Waals surface area contributed by atoms with E-state index in [-0.39, 0.29) is 17.5 Å². The van der Waals surface area contributed by atoms with Crippen molar-refractivity contribution in [1.82, 2.24) is 14.3 Å². The van der Waals surface area contributed by atoms with E-state index in [2.05, 4.69) is 25.9 Å². The number of nitrogens with zero attached hydrogens (tertiary/aromatic N) is 2. The topological polar surface area (TPSA) is 106 Å². The Balaban J connectivity index is 1.52. The van der Waals surface area contributed by atoms with Gasteiger partial charge in [-0.15, -0.1) is 0 Å². The zero-order valence-corrected chi connectivity index (χ0v) is 15.8. The van der Waals surface area contributed by atoms with E-state index in [1.165, 1.54) is 22.5 Å². The predicted octanol–water partition coefficient (Wildman–Crippen LogP) is 2.12. The van der Waals surface area contributed by atoms with E-state index in [0.29, 0.717) is 29.9 Å². The van der Waals surface area contributed by atoms with E-state index < -0.39 is 15.8 Å². The van der Waals surface area contributed by atoms with Crippen molar-refractivity contribution in [3.05, 3.63) is 51.6 Å². The highest BCUT2D eigenvalue weighted by atomic mass is 79.9. The molecule has 0 amide bonds. The summed E-state index contributed by atoms with van der Waals surface area (Å²) in [7, 11) is -3.69. The number of ether oxygens (including phenoxy) is 1. The molecule has 1 atom stereocenters. The van der Waals surface area contributed by atoms with E-state index >= 15 is 0 Å². The molecule has 1 aromatic carbocycles. The van der Waals surface area contributed by atoms with Crippen molar-refractivity contribution < 1.29 is 17.6 Å². The van der Waals surface area contributed by atoms with Gasteiger partial charge in [0.25, 0.3) is 0 Å². The molecule has 1 N–H and O–H groups in total. The number of pyridine rings is 1. The van der Waals surface area contributed by atoms with E-state index in [1.54, 1.807) is 12.3 Å². The largest absolute Gasteiger partial charge is 0.473 e. The Labute approximate surface area is 157 Å². The van der Waals surface area contributed by atoms with Crippen molar-refractivity contribution in [3.63, 3.8) is 0 Å². The lowest BCUT2D eigenvalue weighted by atomic mass is 10.3. The first kappa shape index (κ1) is 17.3. The molecule has 0 spiro atoms. The van der Waals surface area contributed by atoms with Gasteiger partial charge >= 0.3 is 5.76 Å². The molecule has 8 nitrogen and oxygen atoms in total. The number of sulfonamides is 1. The first-order valence-corrected chi connectivity index (χ1v) is 10.1. The van der Waals surface area contributed by atoms with Crippen LogP contribution in [-0.4, -0.2) is 41.9 Å². The maximum absolute atomic E-state index is 12.9. The summed E-state index contributed by atoms with van der Waals surface area (Å²) < 4.78 is 38.6. The van der Waals surface area contributed by atoms with E-state index in [9.17, 15) is 13.2 Å². The molecule has 26 heavy (non-hydrogen) atoms. The number of aromatic nitrogens is 2. The van der Waals surface area contributed by atoms with Crippen LogP contribution >= 0.6 is 15.9 Å². The minimum atomic E-state index is -3.69. The molecule has 1 aliphatic heterocycles. The molecule has 1 fully saturated rings. The second-order valence-corrected chi connectivity index (χ2v) is 8.73. The van der Waals surface area contributed by atoms with Crippen LogP contribution in [0.15, 0.2) is 55.1 Å². The van der Waals surface area contributed by atoms with Crippen LogP contribution in [0.1, 0.15) is 6.42 Å². The number of halogens is 1. The average Bonchev–Trinajstić information content (AvgIpc) is 3.22. The average molecular weight is 440 g/mol. The molecule has 0 bridgehead atoms. The molecule has 10 heteroatoms. The maximum atomic E-state index is 12.9. The normalized spacial score (nSPS) is 18.4. The molecular weight excluding hydrogens is 426 g/mol. The summed E-state index contributed by atoms with van der Waals surface area (Å²) in [5, 5.41) is 0. The molecule has 0 aliphatic carbocycles. The molecular formula is C16H14BrN3O5S. The Kier molecular flexibility index (Phi) is 4.33. The first-order chi connectivity index (χ1) is 12.4. The standard InChI is InChI=1S/C16H14BrN3O5S/c17-10-1-4-15(18-8-10)24-11-5-6-20(9-11)26(22,23)12-2-3-14-13(7-12)19-16(21)25-14/h1-4,7-8,11H,5-6,9H2,(H,19,21). The summed E-state index contributed by atoms with van der Waals surface area (Å²) in [5.41, 5.74) is 0.667. The highest BCUT2D eigenvalue weighted by molar-refractivity contribution is 9.10. The van der Waals surface area contributed by atoms with Crippen LogP contribution in [0, 0.1) is 0 Å². The van der Waals surface area contributed by atoms with Crippen LogP contribution in [0.4, 0.5) is 0 Å². The number of nitrogens with one attached hydrogen (secondary N) is 1. The van der Waals surface area contributed by atoms with E-state index in [4.69, 9.17) is 9.15 Å². The second-order valence-electron chi connectivity index (χ2n) is 5.88. The second kappa shape index (κ2) is 6.53. The number of benzene rings is 1. The highest BCUT2D eigenvalue weighted by Crippen LogP contribution is 2.25. The number of hydrogen-bond acceptors (Lipinski definition) is 6. The minimum Gasteiger partial charge on any atom is -0.473 e. The van der Waals surface area contributed by atoms with Crippen molar-refractivity contribution in [2.45, 2.75) is 17.4 Å². The smallest absolute Gasteiger partial charge is 0.417 e. The molecule has 3 heterocycles. The van der Waals surface area contributed by atoms with Crippen molar-refractivity contribution in [2.75, 3.05) is 13.1 Å². The van der Waals surface area contributed by atoms with Gasteiger partial charge in [0.1, 0.15) is 6.10 Å². The highest BCUT2D eigenvalue weighted by Gasteiger charge is 2.34. The molecule has 0 radical (unpaired) electrons. The Hall–Kier alpha value is -2.17. The maximum Gasteiger partial charge on any atom is 0.417 e. The number of aromatic amines is 1. The van der Waals surface area contributed by atoms with Gasteiger partial charge in [-0.25, -0.2) is 18.2 Å². The molecule has 136 valence electrons. The van der Waals surface area contributed by atoms with Gasteiger partial charge in [0, 0.05) is 23.3 Å². The molecule has 1 unspecified atom stereocenters. The summed E-state index contributed by atoms with van der Waals surface area (Å²) in [4.78, 5) is 17.9. The fourth-order valence-electron chi connectivity index (χ4n) is 2.86. The Morgan fingerprint density at radius 3 is 2.92 bits per heavy atom. The van der Waals surface area contributed by atoms with Gasteiger partial charge in [-0.05, 0) is 46.6 Å². The van der Waals surface area contributed by atoms with Gasteiger partial charge in [-0.2, -0.15) is 4.31 Å². The number of fused-ring (bicyclic) bond motifs is 1. The minimum absolute atomic E-state index is 0.101. The van der Waals surface area contributed by atoms with Crippen molar-refractivity contribution in [1.29, 1.82) is 0 Å². The van der Waals surface area contributed by atoms with Gasteiger partial charge in [0.2, 0.25) is 15.9 Å². The molecule has 0 saturated carbocycles. The van der Waals surface area contributed by atoms with Crippen molar-refractivity contribution in [3.8, 4) is 5.88 Å². The quantitative estimate of drug-likeness (QED) is 0.667. The van der Waals surface area contributed by atoms with E-state index in [1.807, 2.05) is 6.07 Å². The SMILES string of the molecule is O=c1[nH]c2cc(S(=O)(=O)N3CCC(Oc4ccc(Br)cn4)C3)ccc2o1. The van der Waals surface area contributed by atoms with Crippen molar-refractivity contribution in [2.24, 2.45) is 0 Å². The third kappa shape index (κ3) is 3.27. The lowest BCUT2D eigenvalue weighted by Crippen LogP contribution is -2.31. The summed E-state index contributed by atoms with van der Waals surface area (Å²) >= 11 is 3.30. The Morgan fingerprint density at radius 2 is 2.15 bits per heavy atom. The first-order valence-electron chi connectivity index (χ1n) is 7.83. The molecule has 2 aromatic heterocycles. The Morgan fingerprint density at radius 1 is 1.31 bits per heavy atom. The summed E-state index contributed by atoms with van der Waals surface area (Å²) in [6, 6.07) is 7.84. The molecule has 4 rings (SSSR count). The summed E-state index contributed by atoms with van der Waals surface area (Å²) in [6.07, 6.45) is 1.93. The molecule has 3 aromatic rings. The van der Waals surface area contributed by atoms with Crippen LogP contribution in [-0.2, 0) is 10.0 Å². The number of oxazole rings is 1. The molecule has 1 aliphatic rings. The van der Waals surface area contributed by atoms with Gasteiger partial charge in [0.15, 0.2) is 5.58 Å². The fraction of sp³-hybridized carbons (Fsp3) is 0.250. The third-order valence-electron chi connectivity index (χ3n) is 4.12. The fourth-order valence-corrected chi connectivity index (χ4v) is 4.60. The lowest BCUT2D eigenvalue weighted by Gasteiger charge is -2.17. The van der Waals surface area contributed by atoms with Crippen LogP contribution in [0.5, 0.6) is 5.88 Å². The Bertz CT molecular complexity index is 1110. The predicted molar refractivity (Wildman–Crippen MR) is 96.6 cm³/mol. The summed E-state index contributed by atoms with van der Waals surface area (Å²) in [5.74, 6) is -0.166. The number of H-pyrrole nitrogens is 1. The molecule has 1 saturated heterocycles. The van der Waals surface area contributed by atoms with Gasteiger partial charge in [-0.1, -0.05) is 0 Å². The number of rotatable bonds is 4. The number of hydrogen-bond donors (Lipinski definition) is 1. The van der Waals surface area contributed by atoms with Gasteiger partial charge in [-0.3, -0.25) is 4.98 Å². The zero-order chi connectivity index (χ0) is 18.3. The zero-order valence-electron chi connectivity index (χ0n) is 13.4. The van der Waals surface area contributed by atoms with Gasteiger partial charge in [0.05, 0.1) is 17.0 Å².